The predicted octanol–water partition coefficient (Wildman–Crippen LogP) is 3.36. The first-order valence-corrected chi connectivity index (χ1v) is 6.00. The van der Waals surface area contributed by atoms with Crippen molar-refractivity contribution in [3.8, 4) is 0 Å². The first-order chi connectivity index (χ1) is 8.38. The molecule has 0 rings (SSSR count). The van der Waals surface area contributed by atoms with Gasteiger partial charge in [-0.1, -0.05) is 26.3 Å². The van der Waals surface area contributed by atoms with Crippen LogP contribution in [-0.2, 0) is 4.79 Å². The Morgan fingerprint density at radius 2 is 1.94 bits per heavy atom. The molecule has 1 unspecified atom stereocenters. The summed E-state index contributed by atoms with van der Waals surface area (Å²) in [5.41, 5.74) is 0. The smallest absolute Gasteiger partial charge is 0.403 e. The highest BCUT2D eigenvalue weighted by Gasteiger charge is 2.38. The molecule has 108 valence electrons. The molecule has 0 bridgehead atoms. The summed E-state index contributed by atoms with van der Waals surface area (Å²) in [6.07, 6.45) is -1.17. The first kappa shape index (κ1) is 19.3. The maximum atomic E-state index is 12.4. The molecule has 0 aliphatic carbocycles. The van der Waals surface area contributed by atoms with Gasteiger partial charge in [-0.25, -0.2) is 0 Å². The van der Waals surface area contributed by atoms with Crippen LogP contribution in [0.4, 0.5) is 13.2 Å². The fourth-order valence-electron chi connectivity index (χ4n) is 1.23. The van der Waals surface area contributed by atoms with Crippen molar-refractivity contribution >= 4 is 5.97 Å². The molecule has 0 aromatic heterocycles. The molecule has 1 atom stereocenters. The molecule has 0 aromatic carbocycles. The van der Waals surface area contributed by atoms with E-state index in [1.165, 1.54) is 0 Å². The molecule has 0 aliphatic heterocycles. The van der Waals surface area contributed by atoms with E-state index >= 15 is 0 Å². The Labute approximate surface area is 106 Å². The van der Waals surface area contributed by atoms with Crippen LogP contribution in [0.15, 0.2) is 12.7 Å². The zero-order chi connectivity index (χ0) is 14.6. The highest BCUT2D eigenvalue weighted by atomic mass is 19.4. The Bertz CT molecular complexity index is 230. The van der Waals surface area contributed by atoms with Gasteiger partial charge >= 0.3 is 12.1 Å². The number of nitrogens with one attached hydrogen (secondary N) is 1. The fourth-order valence-corrected chi connectivity index (χ4v) is 1.23. The Hall–Kier alpha value is -1.04. The minimum atomic E-state index is -4.40. The van der Waals surface area contributed by atoms with Gasteiger partial charge < -0.3 is 5.11 Å². The van der Waals surface area contributed by atoms with Crippen molar-refractivity contribution in [2.75, 3.05) is 6.54 Å². The van der Waals surface area contributed by atoms with E-state index < -0.39 is 24.7 Å². The average molecular weight is 269 g/mol. The molecule has 0 aromatic rings. The summed E-state index contributed by atoms with van der Waals surface area (Å²) in [6.45, 7) is 6.80. The van der Waals surface area contributed by atoms with Crippen molar-refractivity contribution < 1.29 is 23.1 Å². The third kappa shape index (κ3) is 11.4. The van der Waals surface area contributed by atoms with E-state index in [1.807, 2.05) is 19.2 Å². The lowest BCUT2D eigenvalue weighted by Crippen LogP contribution is -2.44. The van der Waals surface area contributed by atoms with E-state index in [0.29, 0.717) is 19.3 Å². The summed E-state index contributed by atoms with van der Waals surface area (Å²) in [4.78, 5) is 10.2. The second-order valence-corrected chi connectivity index (χ2v) is 3.44. The second-order valence-electron chi connectivity index (χ2n) is 3.44. The Morgan fingerprint density at radius 1 is 1.39 bits per heavy atom. The van der Waals surface area contributed by atoms with Gasteiger partial charge in [0.1, 0.15) is 6.04 Å². The second kappa shape index (κ2) is 11.1. The molecule has 0 amide bonds. The van der Waals surface area contributed by atoms with Crippen LogP contribution in [0.1, 0.15) is 39.5 Å². The lowest BCUT2D eigenvalue weighted by Gasteiger charge is -2.20. The Balaban J connectivity index is 0. The number of allylic oxidation sites excluding steroid dienone is 1. The monoisotopic (exact) mass is 269 g/mol. The van der Waals surface area contributed by atoms with Gasteiger partial charge in [0.05, 0.1) is 6.54 Å². The van der Waals surface area contributed by atoms with Gasteiger partial charge in [0.2, 0.25) is 0 Å². The highest BCUT2D eigenvalue weighted by molar-refractivity contribution is 5.69. The van der Waals surface area contributed by atoms with Gasteiger partial charge in [-0.3, -0.25) is 10.1 Å². The van der Waals surface area contributed by atoms with Gasteiger partial charge in [-0.2, -0.15) is 13.2 Å². The summed E-state index contributed by atoms with van der Waals surface area (Å²) in [5.74, 6) is -1.29. The standard InChI is InChI=1S/C10H16F3NO2.C2H6/c1-2-3-4-5-6-8(10(11,12)13)14-7-9(15)16;1-2/h2,8,14H,1,3-7H2,(H,15,16);1-2H3. The molecule has 3 nitrogen and oxygen atoms in total. The number of carboxylic acids is 1. The molecule has 18 heavy (non-hydrogen) atoms. The van der Waals surface area contributed by atoms with Gasteiger partial charge in [0, 0.05) is 0 Å². The van der Waals surface area contributed by atoms with Crippen molar-refractivity contribution in [3.63, 3.8) is 0 Å². The summed E-state index contributed by atoms with van der Waals surface area (Å²) >= 11 is 0. The lowest BCUT2D eigenvalue weighted by atomic mass is 10.1. The van der Waals surface area contributed by atoms with Crippen LogP contribution in [0, 0.1) is 0 Å². The number of hydrogen-bond acceptors (Lipinski definition) is 2. The van der Waals surface area contributed by atoms with Crippen LogP contribution in [0.25, 0.3) is 0 Å². The largest absolute Gasteiger partial charge is 0.480 e. The van der Waals surface area contributed by atoms with Crippen LogP contribution < -0.4 is 5.32 Å². The third-order valence-electron chi connectivity index (χ3n) is 2.05. The summed E-state index contributed by atoms with van der Waals surface area (Å²) in [5, 5.41) is 10.3. The van der Waals surface area contributed by atoms with E-state index in [-0.39, 0.29) is 6.42 Å². The SMILES string of the molecule is C=CCCCCC(NCC(=O)O)C(F)(F)F.CC. The number of rotatable bonds is 8. The van der Waals surface area contributed by atoms with Crippen LogP contribution >= 0.6 is 0 Å². The van der Waals surface area contributed by atoms with E-state index in [1.54, 1.807) is 6.08 Å². The lowest BCUT2D eigenvalue weighted by molar-refractivity contribution is -0.159. The summed E-state index contributed by atoms with van der Waals surface area (Å²) < 4.78 is 37.2. The molecule has 0 fully saturated rings. The molecule has 0 saturated carbocycles. The minimum Gasteiger partial charge on any atom is -0.480 e. The quantitative estimate of drug-likeness (QED) is 0.524. The van der Waals surface area contributed by atoms with Crippen LogP contribution in [0.3, 0.4) is 0 Å². The van der Waals surface area contributed by atoms with Gasteiger partial charge in [0.25, 0.3) is 0 Å². The van der Waals surface area contributed by atoms with Crippen molar-refractivity contribution in [1.82, 2.24) is 5.32 Å². The molecule has 0 saturated heterocycles. The molecular weight excluding hydrogens is 247 g/mol. The molecule has 6 heteroatoms. The van der Waals surface area contributed by atoms with E-state index in [4.69, 9.17) is 5.11 Å². The molecule has 0 heterocycles. The van der Waals surface area contributed by atoms with Crippen molar-refractivity contribution in [2.24, 2.45) is 0 Å². The number of halogens is 3. The third-order valence-corrected chi connectivity index (χ3v) is 2.05. The average Bonchev–Trinajstić information content (AvgIpc) is 2.28. The Kier molecular flexibility index (Phi) is 11.9. The van der Waals surface area contributed by atoms with Crippen LogP contribution in [0.5, 0.6) is 0 Å². The van der Waals surface area contributed by atoms with Gasteiger partial charge in [-0.15, -0.1) is 6.58 Å². The van der Waals surface area contributed by atoms with Crippen LogP contribution in [0.2, 0.25) is 0 Å². The zero-order valence-corrected chi connectivity index (χ0v) is 10.9. The molecule has 0 aliphatic rings. The van der Waals surface area contributed by atoms with E-state index in [9.17, 15) is 18.0 Å². The molecule has 0 spiro atoms. The van der Waals surface area contributed by atoms with E-state index in [2.05, 4.69) is 6.58 Å². The maximum absolute atomic E-state index is 12.4. The zero-order valence-electron chi connectivity index (χ0n) is 10.9. The minimum absolute atomic E-state index is 0.107. The molecule has 2 N–H and O–H groups in total. The number of unbranched alkanes of at least 4 members (excludes halogenated alkanes) is 2. The van der Waals surface area contributed by atoms with Crippen molar-refractivity contribution in [1.29, 1.82) is 0 Å². The number of carbonyl (C=O) groups is 1. The highest BCUT2D eigenvalue weighted by Crippen LogP contribution is 2.24. The topological polar surface area (TPSA) is 49.3 Å². The predicted molar refractivity (Wildman–Crippen MR) is 65.5 cm³/mol. The van der Waals surface area contributed by atoms with Crippen molar-refractivity contribution in [2.45, 2.75) is 51.7 Å². The first-order valence-electron chi connectivity index (χ1n) is 6.00. The fraction of sp³-hybridized carbons (Fsp3) is 0.750. The van der Waals surface area contributed by atoms with E-state index in [0.717, 1.165) is 0 Å². The van der Waals surface area contributed by atoms with Gasteiger partial charge in [-0.05, 0) is 19.3 Å². The molecule has 0 radical (unpaired) electrons. The number of carboxylic acid groups (broad SMARTS) is 1. The van der Waals surface area contributed by atoms with Crippen LogP contribution in [-0.4, -0.2) is 29.8 Å². The number of alkyl halides is 3. The van der Waals surface area contributed by atoms with Crippen molar-refractivity contribution in [3.05, 3.63) is 12.7 Å². The number of aliphatic carboxylic acids is 1. The number of hydrogen-bond donors (Lipinski definition) is 2. The normalized spacial score (nSPS) is 12.3. The maximum Gasteiger partial charge on any atom is 0.403 e. The Morgan fingerprint density at radius 3 is 2.33 bits per heavy atom. The van der Waals surface area contributed by atoms with Gasteiger partial charge in [0.15, 0.2) is 0 Å². The molecular formula is C12H22F3NO2. The summed E-state index contributed by atoms with van der Waals surface area (Å²) in [6, 6.07) is -1.74. The summed E-state index contributed by atoms with van der Waals surface area (Å²) in [7, 11) is 0.